The fourth-order valence-corrected chi connectivity index (χ4v) is 5.16. The SMILES string of the molecule is COc1nc(OCc2cc(C)c(COc3ccc(CNCCCC(C)=O)c(OC)n3)s2)ccc1CNCCCC(C)=O. The highest BCUT2D eigenvalue weighted by molar-refractivity contribution is 7.12. The molecule has 3 aromatic heterocycles. The summed E-state index contributed by atoms with van der Waals surface area (Å²) >= 11 is 1.62. The number of pyridine rings is 2. The quantitative estimate of drug-likeness (QED) is 0.173. The molecule has 0 amide bonds. The Morgan fingerprint density at radius 1 is 0.786 bits per heavy atom. The Morgan fingerprint density at radius 2 is 1.29 bits per heavy atom. The maximum absolute atomic E-state index is 11.1. The number of aryl methyl sites for hydroxylation is 1. The number of nitrogens with one attached hydrogen (secondary N) is 2. The monoisotopic (exact) mass is 598 g/mol. The summed E-state index contributed by atoms with van der Waals surface area (Å²) in [5.41, 5.74) is 2.98. The van der Waals surface area contributed by atoms with Gasteiger partial charge >= 0.3 is 0 Å². The molecule has 228 valence electrons. The minimum atomic E-state index is 0.199. The van der Waals surface area contributed by atoms with E-state index in [0.29, 0.717) is 62.7 Å². The number of carbonyl (C=O) groups is 2. The molecule has 11 heteroatoms. The van der Waals surface area contributed by atoms with Crippen LogP contribution in [0.2, 0.25) is 0 Å². The van der Waals surface area contributed by atoms with Gasteiger partial charge in [0, 0.05) is 58.9 Å². The van der Waals surface area contributed by atoms with E-state index in [1.54, 1.807) is 39.4 Å². The van der Waals surface area contributed by atoms with Crippen LogP contribution >= 0.6 is 11.3 Å². The molecule has 0 spiro atoms. The number of hydrogen-bond acceptors (Lipinski definition) is 11. The first kappa shape index (κ1) is 33.0. The molecule has 0 saturated heterocycles. The number of nitrogens with zero attached hydrogens (tertiary/aromatic N) is 2. The summed E-state index contributed by atoms with van der Waals surface area (Å²) in [6.45, 7) is 8.73. The van der Waals surface area contributed by atoms with Gasteiger partial charge in [0.2, 0.25) is 23.5 Å². The summed E-state index contributed by atoms with van der Waals surface area (Å²) in [5.74, 6) is 2.40. The van der Waals surface area contributed by atoms with Gasteiger partial charge in [0.05, 0.1) is 14.2 Å². The molecular weight excluding hydrogens is 556 g/mol. The predicted octanol–water partition coefficient (Wildman–Crippen LogP) is 4.94. The van der Waals surface area contributed by atoms with Crippen molar-refractivity contribution in [2.75, 3.05) is 27.3 Å². The number of ketones is 2. The summed E-state index contributed by atoms with van der Waals surface area (Å²) in [7, 11) is 3.18. The molecule has 10 nitrogen and oxygen atoms in total. The Bertz CT molecular complexity index is 1310. The van der Waals surface area contributed by atoms with Crippen LogP contribution < -0.4 is 29.6 Å². The number of methoxy groups -OCH3 is 2. The van der Waals surface area contributed by atoms with Gasteiger partial charge in [-0.3, -0.25) is 0 Å². The summed E-state index contributed by atoms with van der Waals surface area (Å²) in [6, 6.07) is 9.65. The van der Waals surface area contributed by atoms with Crippen LogP contribution in [0.4, 0.5) is 0 Å². The van der Waals surface area contributed by atoms with Crippen LogP contribution in [0.5, 0.6) is 23.5 Å². The van der Waals surface area contributed by atoms with E-state index in [-0.39, 0.29) is 11.6 Å². The van der Waals surface area contributed by atoms with E-state index in [1.807, 2.05) is 31.2 Å². The molecule has 0 saturated carbocycles. The average Bonchev–Trinajstić information content (AvgIpc) is 3.33. The second-order valence-corrected chi connectivity index (χ2v) is 11.2. The van der Waals surface area contributed by atoms with Crippen molar-refractivity contribution >= 4 is 22.9 Å². The van der Waals surface area contributed by atoms with Crippen molar-refractivity contribution in [1.29, 1.82) is 0 Å². The molecule has 0 aliphatic heterocycles. The standard InChI is InChI=1S/C31H42N4O6S/c1-21-16-26(19-40-28-12-10-24(30(34-28)38-4)17-32-14-6-8-22(2)36)42-27(21)20-41-29-13-11-25(31(35-29)39-5)18-33-15-7-9-23(3)37/h10-13,16,32-33H,6-9,14-15,17-20H2,1-5H3. The molecule has 0 aromatic carbocycles. The summed E-state index contributed by atoms with van der Waals surface area (Å²) < 4.78 is 22.9. The molecule has 0 unspecified atom stereocenters. The highest BCUT2D eigenvalue weighted by Crippen LogP contribution is 2.27. The van der Waals surface area contributed by atoms with E-state index in [4.69, 9.17) is 18.9 Å². The highest BCUT2D eigenvalue weighted by Gasteiger charge is 2.12. The second kappa shape index (κ2) is 17.4. The van der Waals surface area contributed by atoms with Crippen molar-refractivity contribution in [3.8, 4) is 23.5 Å². The van der Waals surface area contributed by atoms with Gasteiger partial charge in [0.15, 0.2) is 0 Å². The van der Waals surface area contributed by atoms with Crippen LogP contribution in [-0.4, -0.2) is 48.8 Å². The fourth-order valence-electron chi connectivity index (χ4n) is 4.15. The van der Waals surface area contributed by atoms with E-state index in [1.165, 1.54) is 0 Å². The summed E-state index contributed by atoms with van der Waals surface area (Å²) in [4.78, 5) is 33.3. The van der Waals surface area contributed by atoms with Gasteiger partial charge < -0.3 is 39.2 Å². The van der Waals surface area contributed by atoms with Gasteiger partial charge in [0.25, 0.3) is 0 Å². The molecule has 3 aromatic rings. The lowest BCUT2D eigenvalue weighted by molar-refractivity contribution is -0.117. The van der Waals surface area contributed by atoms with Crippen molar-refractivity contribution in [3.05, 3.63) is 56.8 Å². The molecule has 42 heavy (non-hydrogen) atoms. The van der Waals surface area contributed by atoms with Crippen molar-refractivity contribution in [3.63, 3.8) is 0 Å². The van der Waals surface area contributed by atoms with Crippen LogP contribution in [-0.2, 0) is 35.9 Å². The molecule has 0 aliphatic carbocycles. The lowest BCUT2D eigenvalue weighted by Gasteiger charge is -2.11. The molecular formula is C31H42N4O6S. The number of carbonyl (C=O) groups excluding carboxylic acids is 2. The van der Waals surface area contributed by atoms with E-state index in [2.05, 4.69) is 26.7 Å². The Kier molecular flexibility index (Phi) is 13.7. The lowest BCUT2D eigenvalue weighted by Crippen LogP contribution is -2.16. The molecule has 2 N–H and O–H groups in total. The van der Waals surface area contributed by atoms with Gasteiger partial charge in [-0.25, -0.2) is 0 Å². The number of Topliss-reactive ketones (excluding diaryl/α,β-unsaturated/α-hetero) is 2. The predicted molar refractivity (Wildman–Crippen MR) is 163 cm³/mol. The second-order valence-electron chi connectivity index (χ2n) is 10.00. The minimum Gasteiger partial charge on any atom is -0.481 e. The normalized spacial score (nSPS) is 10.9. The largest absolute Gasteiger partial charge is 0.481 e. The molecule has 3 heterocycles. The number of ether oxygens (including phenoxy) is 4. The number of hydrogen-bond donors (Lipinski definition) is 2. The molecule has 0 radical (unpaired) electrons. The molecule has 0 fully saturated rings. The topological polar surface area (TPSA) is 121 Å². The summed E-state index contributed by atoms with van der Waals surface area (Å²) in [6.07, 6.45) is 2.76. The van der Waals surface area contributed by atoms with Crippen LogP contribution in [0.25, 0.3) is 0 Å². The molecule has 0 aliphatic rings. The fraction of sp³-hybridized carbons (Fsp3) is 0.484. The van der Waals surface area contributed by atoms with Crippen LogP contribution in [0.3, 0.4) is 0 Å². The zero-order valence-corrected chi connectivity index (χ0v) is 26.0. The van der Waals surface area contributed by atoms with Crippen molar-refractivity contribution < 1.29 is 28.5 Å². The van der Waals surface area contributed by atoms with Gasteiger partial charge in [-0.2, -0.15) is 9.97 Å². The Morgan fingerprint density at radius 3 is 1.76 bits per heavy atom. The van der Waals surface area contributed by atoms with E-state index < -0.39 is 0 Å². The minimum absolute atomic E-state index is 0.199. The van der Waals surface area contributed by atoms with E-state index in [9.17, 15) is 9.59 Å². The van der Waals surface area contributed by atoms with E-state index in [0.717, 1.165) is 52.4 Å². The van der Waals surface area contributed by atoms with E-state index >= 15 is 0 Å². The van der Waals surface area contributed by atoms with Crippen molar-refractivity contribution in [2.45, 2.75) is 72.8 Å². The Balaban J connectivity index is 1.49. The smallest absolute Gasteiger partial charge is 0.220 e. The number of thiophene rings is 1. The van der Waals surface area contributed by atoms with Gasteiger partial charge in [-0.05, 0) is 70.5 Å². The maximum atomic E-state index is 11.1. The van der Waals surface area contributed by atoms with Gasteiger partial charge in [0.1, 0.15) is 24.8 Å². The third kappa shape index (κ3) is 11.0. The van der Waals surface area contributed by atoms with Crippen LogP contribution in [0.15, 0.2) is 30.3 Å². The lowest BCUT2D eigenvalue weighted by atomic mass is 10.2. The Labute approximate surface area is 252 Å². The number of rotatable bonds is 20. The highest BCUT2D eigenvalue weighted by atomic mass is 32.1. The Hall–Kier alpha value is -3.54. The zero-order valence-electron chi connectivity index (χ0n) is 25.2. The first-order valence-corrected chi connectivity index (χ1v) is 14.9. The first-order valence-electron chi connectivity index (χ1n) is 14.1. The maximum Gasteiger partial charge on any atom is 0.220 e. The zero-order chi connectivity index (χ0) is 30.3. The molecule has 3 rings (SSSR count). The average molecular weight is 599 g/mol. The third-order valence-electron chi connectivity index (χ3n) is 6.39. The van der Waals surface area contributed by atoms with Gasteiger partial charge in [-0.15, -0.1) is 11.3 Å². The van der Waals surface area contributed by atoms with Crippen LogP contribution in [0, 0.1) is 6.92 Å². The number of aromatic nitrogens is 2. The van der Waals surface area contributed by atoms with Gasteiger partial charge in [-0.1, -0.05) is 0 Å². The van der Waals surface area contributed by atoms with Crippen molar-refractivity contribution in [1.82, 2.24) is 20.6 Å². The molecule has 0 bridgehead atoms. The third-order valence-corrected chi connectivity index (χ3v) is 7.58. The molecule has 0 atom stereocenters. The summed E-state index contributed by atoms with van der Waals surface area (Å²) in [5, 5.41) is 6.64. The van der Waals surface area contributed by atoms with Crippen molar-refractivity contribution in [2.24, 2.45) is 0 Å². The first-order chi connectivity index (χ1) is 20.3. The van der Waals surface area contributed by atoms with Crippen LogP contribution in [0.1, 0.15) is 66.0 Å².